The van der Waals surface area contributed by atoms with Crippen molar-refractivity contribution in [1.82, 2.24) is 20.5 Å². The fourth-order valence-electron chi connectivity index (χ4n) is 2.90. The topological polar surface area (TPSA) is 61.8 Å². The summed E-state index contributed by atoms with van der Waals surface area (Å²) in [5.74, 6) is 0.857. The van der Waals surface area contributed by atoms with Crippen LogP contribution in [-0.4, -0.2) is 67.8 Å². The van der Waals surface area contributed by atoms with Crippen LogP contribution in [0.15, 0.2) is 4.99 Å². The normalized spacial score (nSPS) is 17.1. The van der Waals surface area contributed by atoms with E-state index >= 15 is 0 Å². The third-order valence-corrected chi connectivity index (χ3v) is 5.56. The van der Waals surface area contributed by atoms with Crippen LogP contribution in [0, 0.1) is 13.8 Å². The van der Waals surface area contributed by atoms with Crippen LogP contribution in [0.4, 0.5) is 0 Å². The van der Waals surface area contributed by atoms with Crippen molar-refractivity contribution in [3.05, 3.63) is 15.6 Å². The van der Waals surface area contributed by atoms with Gasteiger partial charge in [0, 0.05) is 50.1 Å². The molecule has 1 aromatic rings. The van der Waals surface area contributed by atoms with E-state index < -0.39 is 0 Å². The number of morpholine rings is 1. The number of nitrogens with one attached hydrogen (secondary N) is 2. The molecule has 0 bridgehead atoms. The standard InChI is InChI=1S/C17H31N5OS/c1-13-15(24-14(2)21-13)6-7-19-16(18-5)20-12-17(3,4)22-8-10-23-11-9-22/h6-12H2,1-5H3,(H2,18,19,20). The van der Waals surface area contributed by atoms with Crippen molar-refractivity contribution in [2.24, 2.45) is 4.99 Å². The summed E-state index contributed by atoms with van der Waals surface area (Å²) < 4.78 is 5.45. The van der Waals surface area contributed by atoms with Gasteiger partial charge in [-0.2, -0.15) is 0 Å². The lowest BCUT2D eigenvalue weighted by Gasteiger charge is -2.41. The van der Waals surface area contributed by atoms with Crippen molar-refractivity contribution < 1.29 is 4.74 Å². The molecule has 2 rings (SSSR count). The molecule has 0 spiro atoms. The van der Waals surface area contributed by atoms with Crippen LogP contribution in [0.1, 0.15) is 29.4 Å². The van der Waals surface area contributed by atoms with Gasteiger partial charge in [0.2, 0.25) is 0 Å². The van der Waals surface area contributed by atoms with E-state index in [1.54, 1.807) is 11.3 Å². The summed E-state index contributed by atoms with van der Waals surface area (Å²) in [5.41, 5.74) is 1.22. The molecule has 0 amide bonds. The number of aliphatic imine (C=N–C) groups is 1. The van der Waals surface area contributed by atoms with Crippen molar-refractivity contribution in [3.63, 3.8) is 0 Å². The Kier molecular flexibility index (Phi) is 7.01. The minimum absolute atomic E-state index is 0.0762. The second-order valence-electron chi connectivity index (χ2n) is 6.76. The van der Waals surface area contributed by atoms with Crippen LogP contribution in [0.25, 0.3) is 0 Å². The molecule has 1 aromatic heterocycles. The van der Waals surface area contributed by atoms with Gasteiger partial charge in [-0.1, -0.05) is 0 Å². The molecule has 1 saturated heterocycles. The summed E-state index contributed by atoms with van der Waals surface area (Å²) in [6, 6.07) is 0. The highest BCUT2D eigenvalue weighted by atomic mass is 32.1. The highest BCUT2D eigenvalue weighted by Crippen LogP contribution is 2.17. The van der Waals surface area contributed by atoms with Gasteiger partial charge in [-0.3, -0.25) is 9.89 Å². The average molecular weight is 354 g/mol. The van der Waals surface area contributed by atoms with Crippen molar-refractivity contribution in [2.75, 3.05) is 46.4 Å². The summed E-state index contributed by atoms with van der Waals surface area (Å²) in [6.45, 7) is 14.0. The van der Waals surface area contributed by atoms with Gasteiger partial charge in [-0.15, -0.1) is 11.3 Å². The fourth-order valence-corrected chi connectivity index (χ4v) is 3.84. The molecule has 0 aliphatic carbocycles. The van der Waals surface area contributed by atoms with E-state index in [1.165, 1.54) is 4.88 Å². The molecule has 0 radical (unpaired) electrons. The summed E-state index contributed by atoms with van der Waals surface area (Å²) in [7, 11) is 1.82. The molecule has 0 atom stereocenters. The van der Waals surface area contributed by atoms with Crippen LogP contribution in [-0.2, 0) is 11.2 Å². The van der Waals surface area contributed by atoms with Gasteiger partial charge in [-0.25, -0.2) is 4.98 Å². The molecule has 1 aliphatic rings. The second kappa shape index (κ2) is 8.78. The molecule has 0 unspecified atom stereocenters. The fraction of sp³-hybridized carbons (Fsp3) is 0.765. The van der Waals surface area contributed by atoms with Crippen LogP contribution >= 0.6 is 11.3 Å². The maximum atomic E-state index is 5.45. The molecule has 24 heavy (non-hydrogen) atoms. The Morgan fingerprint density at radius 2 is 2.00 bits per heavy atom. The Labute approximate surface area is 149 Å². The van der Waals surface area contributed by atoms with E-state index in [0.29, 0.717) is 0 Å². The maximum absolute atomic E-state index is 5.45. The van der Waals surface area contributed by atoms with Crippen LogP contribution in [0.2, 0.25) is 0 Å². The quantitative estimate of drug-likeness (QED) is 0.601. The lowest BCUT2D eigenvalue weighted by Crippen LogP contribution is -2.56. The Balaban J connectivity index is 1.76. The molecular formula is C17H31N5OS. The van der Waals surface area contributed by atoms with Gasteiger partial charge in [0.25, 0.3) is 0 Å². The van der Waals surface area contributed by atoms with E-state index in [9.17, 15) is 0 Å². The molecule has 2 N–H and O–H groups in total. The Morgan fingerprint density at radius 1 is 1.29 bits per heavy atom. The number of ether oxygens (including phenoxy) is 1. The number of thiazole rings is 1. The third-order valence-electron chi connectivity index (χ3n) is 4.42. The summed E-state index contributed by atoms with van der Waals surface area (Å²) >= 11 is 1.78. The number of hydrogen-bond donors (Lipinski definition) is 2. The van der Waals surface area contributed by atoms with Gasteiger partial charge in [0.15, 0.2) is 5.96 Å². The van der Waals surface area contributed by atoms with E-state index in [-0.39, 0.29) is 5.54 Å². The van der Waals surface area contributed by atoms with Gasteiger partial charge in [-0.05, 0) is 27.7 Å². The molecule has 0 saturated carbocycles. The molecule has 6 nitrogen and oxygen atoms in total. The highest BCUT2D eigenvalue weighted by molar-refractivity contribution is 7.11. The first-order valence-electron chi connectivity index (χ1n) is 8.62. The summed E-state index contributed by atoms with van der Waals surface area (Å²) in [6.07, 6.45) is 0.977. The summed E-state index contributed by atoms with van der Waals surface area (Å²) in [4.78, 5) is 12.6. The first-order valence-corrected chi connectivity index (χ1v) is 9.44. The predicted molar refractivity (Wildman–Crippen MR) is 101 cm³/mol. The molecule has 136 valence electrons. The predicted octanol–water partition coefficient (Wildman–Crippen LogP) is 1.58. The SMILES string of the molecule is CN=C(NCCc1sc(C)nc1C)NCC(C)(C)N1CCOCC1. The van der Waals surface area contributed by atoms with Crippen molar-refractivity contribution >= 4 is 17.3 Å². The maximum Gasteiger partial charge on any atom is 0.191 e. The number of hydrogen-bond acceptors (Lipinski definition) is 5. The van der Waals surface area contributed by atoms with Gasteiger partial charge in [0.1, 0.15) is 0 Å². The van der Waals surface area contributed by atoms with E-state index in [2.05, 4.69) is 53.2 Å². The molecule has 1 fully saturated rings. The molecular weight excluding hydrogens is 322 g/mol. The monoisotopic (exact) mass is 353 g/mol. The number of rotatable bonds is 6. The van der Waals surface area contributed by atoms with E-state index in [4.69, 9.17) is 4.74 Å². The number of nitrogens with zero attached hydrogens (tertiary/aromatic N) is 3. The summed E-state index contributed by atoms with van der Waals surface area (Å²) in [5, 5.41) is 8.00. The molecule has 7 heteroatoms. The highest BCUT2D eigenvalue weighted by Gasteiger charge is 2.28. The van der Waals surface area contributed by atoms with E-state index in [1.807, 2.05) is 7.05 Å². The zero-order valence-corrected chi connectivity index (χ0v) is 16.4. The van der Waals surface area contributed by atoms with Crippen LogP contribution in [0.5, 0.6) is 0 Å². The lowest BCUT2D eigenvalue weighted by atomic mass is 10.0. The first kappa shape index (κ1) is 19.1. The molecule has 1 aliphatic heterocycles. The van der Waals surface area contributed by atoms with Gasteiger partial charge in [0.05, 0.1) is 23.9 Å². The largest absolute Gasteiger partial charge is 0.379 e. The Hall–Kier alpha value is -1.18. The smallest absolute Gasteiger partial charge is 0.191 e. The minimum atomic E-state index is 0.0762. The van der Waals surface area contributed by atoms with Gasteiger partial charge < -0.3 is 15.4 Å². The molecule has 2 heterocycles. The molecule has 0 aromatic carbocycles. The lowest BCUT2D eigenvalue weighted by molar-refractivity contribution is -0.00833. The number of guanidine groups is 1. The van der Waals surface area contributed by atoms with Crippen LogP contribution in [0.3, 0.4) is 0 Å². The Bertz CT molecular complexity index is 549. The zero-order valence-electron chi connectivity index (χ0n) is 15.6. The zero-order chi connectivity index (χ0) is 17.6. The Morgan fingerprint density at radius 3 is 2.58 bits per heavy atom. The van der Waals surface area contributed by atoms with E-state index in [0.717, 1.165) is 62.5 Å². The van der Waals surface area contributed by atoms with Crippen molar-refractivity contribution in [3.8, 4) is 0 Å². The van der Waals surface area contributed by atoms with Gasteiger partial charge >= 0.3 is 0 Å². The third kappa shape index (κ3) is 5.43. The minimum Gasteiger partial charge on any atom is -0.379 e. The van der Waals surface area contributed by atoms with Crippen LogP contribution < -0.4 is 10.6 Å². The number of aryl methyl sites for hydroxylation is 2. The second-order valence-corrected chi connectivity index (χ2v) is 8.04. The van der Waals surface area contributed by atoms with Crippen molar-refractivity contribution in [2.45, 2.75) is 39.7 Å². The first-order chi connectivity index (χ1) is 11.4. The number of aromatic nitrogens is 1. The van der Waals surface area contributed by atoms with Crippen molar-refractivity contribution in [1.29, 1.82) is 0 Å². The average Bonchev–Trinajstić information content (AvgIpc) is 2.89.